The van der Waals surface area contributed by atoms with Crippen molar-refractivity contribution in [3.8, 4) is 0 Å². The minimum Gasteiger partial charge on any atom is -0.395 e. The van der Waals surface area contributed by atoms with Crippen LogP contribution in [0.5, 0.6) is 0 Å². The maximum absolute atomic E-state index is 12.4. The molecule has 0 saturated heterocycles. The maximum atomic E-state index is 12.4. The Bertz CT molecular complexity index is 622. The van der Waals surface area contributed by atoms with Crippen molar-refractivity contribution < 1.29 is 9.90 Å². The quantitative estimate of drug-likeness (QED) is 0.853. The Kier molecular flexibility index (Phi) is 4.68. The van der Waals surface area contributed by atoms with Crippen molar-refractivity contribution in [3.63, 3.8) is 0 Å². The second kappa shape index (κ2) is 6.68. The lowest BCUT2D eigenvalue weighted by atomic mass is 10.2. The van der Waals surface area contributed by atoms with E-state index in [2.05, 4.69) is 4.98 Å². The zero-order valence-corrected chi connectivity index (χ0v) is 11.0. The number of carbonyl (C=O) groups is 1. The first kappa shape index (κ1) is 14.0. The first-order valence-electron chi connectivity index (χ1n) is 6.33. The number of H-pyrrole nitrogens is 1. The van der Waals surface area contributed by atoms with Crippen molar-refractivity contribution in [1.29, 1.82) is 0 Å². The average molecular weight is 272 g/mol. The summed E-state index contributed by atoms with van der Waals surface area (Å²) in [6.45, 7) is 0.389. The molecule has 0 unspecified atom stereocenters. The van der Waals surface area contributed by atoms with Crippen LogP contribution in [0.3, 0.4) is 0 Å². The van der Waals surface area contributed by atoms with E-state index >= 15 is 0 Å². The summed E-state index contributed by atoms with van der Waals surface area (Å²) >= 11 is 0. The summed E-state index contributed by atoms with van der Waals surface area (Å²) in [4.78, 5) is 28.2. The SMILES string of the molecule is O=C(c1c[nH]ccc1=O)N(CCO)Cc1ccccc1. The van der Waals surface area contributed by atoms with E-state index in [1.807, 2.05) is 30.3 Å². The Hall–Kier alpha value is -2.40. The van der Waals surface area contributed by atoms with Crippen molar-refractivity contribution >= 4 is 5.91 Å². The molecule has 20 heavy (non-hydrogen) atoms. The van der Waals surface area contributed by atoms with Crippen molar-refractivity contribution in [2.24, 2.45) is 0 Å². The highest BCUT2D eigenvalue weighted by atomic mass is 16.3. The number of aromatic amines is 1. The van der Waals surface area contributed by atoms with Crippen LogP contribution in [-0.4, -0.2) is 34.0 Å². The highest BCUT2D eigenvalue weighted by Gasteiger charge is 2.18. The van der Waals surface area contributed by atoms with E-state index in [4.69, 9.17) is 5.11 Å². The van der Waals surface area contributed by atoms with Crippen LogP contribution < -0.4 is 5.43 Å². The molecule has 1 amide bonds. The molecular formula is C15H16N2O3. The number of aliphatic hydroxyl groups excluding tert-OH is 1. The summed E-state index contributed by atoms with van der Waals surface area (Å²) in [5.41, 5.74) is 0.697. The minimum absolute atomic E-state index is 0.0804. The topological polar surface area (TPSA) is 73.4 Å². The molecule has 0 radical (unpaired) electrons. The number of benzene rings is 1. The number of nitrogens with zero attached hydrogens (tertiary/aromatic N) is 1. The number of hydrogen-bond acceptors (Lipinski definition) is 3. The number of hydrogen-bond donors (Lipinski definition) is 2. The summed E-state index contributed by atoms with van der Waals surface area (Å²) in [5.74, 6) is -0.384. The molecule has 0 aliphatic carbocycles. The van der Waals surface area contributed by atoms with Gasteiger partial charge in [0.25, 0.3) is 5.91 Å². The molecule has 2 N–H and O–H groups in total. The molecule has 2 aromatic rings. The smallest absolute Gasteiger partial charge is 0.259 e. The van der Waals surface area contributed by atoms with Crippen LogP contribution in [0.25, 0.3) is 0 Å². The largest absolute Gasteiger partial charge is 0.395 e. The van der Waals surface area contributed by atoms with Gasteiger partial charge in [-0.3, -0.25) is 9.59 Å². The molecule has 104 valence electrons. The van der Waals surface area contributed by atoms with E-state index in [1.165, 1.54) is 23.4 Å². The normalized spacial score (nSPS) is 10.2. The van der Waals surface area contributed by atoms with Crippen molar-refractivity contribution in [1.82, 2.24) is 9.88 Å². The Morgan fingerprint density at radius 2 is 1.95 bits per heavy atom. The van der Waals surface area contributed by atoms with Crippen molar-refractivity contribution in [2.75, 3.05) is 13.2 Å². The monoisotopic (exact) mass is 272 g/mol. The van der Waals surface area contributed by atoms with E-state index < -0.39 is 0 Å². The summed E-state index contributed by atoms with van der Waals surface area (Å²) in [7, 11) is 0. The van der Waals surface area contributed by atoms with Crippen LogP contribution in [0.2, 0.25) is 0 Å². The lowest BCUT2D eigenvalue weighted by Gasteiger charge is -2.21. The molecule has 5 nitrogen and oxygen atoms in total. The number of amides is 1. The van der Waals surface area contributed by atoms with E-state index in [-0.39, 0.29) is 30.1 Å². The van der Waals surface area contributed by atoms with Gasteiger partial charge in [-0.25, -0.2) is 0 Å². The molecule has 1 heterocycles. The number of carbonyl (C=O) groups excluding carboxylic acids is 1. The molecule has 1 aromatic carbocycles. The third kappa shape index (κ3) is 3.33. The van der Waals surface area contributed by atoms with Crippen molar-refractivity contribution in [3.05, 3.63) is 70.1 Å². The second-order valence-electron chi connectivity index (χ2n) is 4.36. The summed E-state index contributed by atoms with van der Waals surface area (Å²) in [5, 5.41) is 9.10. The van der Waals surface area contributed by atoms with Gasteiger partial charge in [0.1, 0.15) is 5.56 Å². The molecule has 5 heteroatoms. The second-order valence-corrected chi connectivity index (χ2v) is 4.36. The Balaban J connectivity index is 2.22. The number of pyridine rings is 1. The van der Waals surface area contributed by atoms with Gasteiger partial charge in [-0.2, -0.15) is 0 Å². The predicted molar refractivity (Wildman–Crippen MR) is 75.3 cm³/mol. The zero-order valence-electron chi connectivity index (χ0n) is 11.0. The fraction of sp³-hybridized carbons (Fsp3) is 0.200. The first-order valence-corrected chi connectivity index (χ1v) is 6.33. The van der Waals surface area contributed by atoms with E-state index in [0.29, 0.717) is 6.54 Å². The standard InChI is InChI=1S/C15H16N2O3/c18-9-8-17(11-12-4-2-1-3-5-12)15(20)13-10-16-7-6-14(13)19/h1-7,10,18H,8-9,11H2,(H,16,19). The molecule has 0 fully saturated rings. The van der Waals surface area contributed by atoms with Gasteiger partial charge in [0.2, 0.25) is 0 Å². The number of aromatic nitrogens is 1. The molecule has 2 rings (SSSR count). The van der Waals surface area contributed by atoms with Gasteiger partial charge in [0, 0.05) is 31.5 Å². The number of nitrogens with one attached hydrogen (secondary N) is 1. The lowest BCUT2D eigenvalue weighted by molar-refractivity contribution is 0.0706. The van der Waals surface area contributed by atoms with Gasteiger partial charge in [0.05, 0.1) is 6.61 Å². The predicted octanol–water partition coefficient (Wildman–Crippen LogP) is 1.01. The van der Waals surface area contributed by atoms with Gasteiger partial charge < -0.3 is 15.0 Å². The molecule has 0 atom stereocenters. The third-order valence-electron chi connectivity index (χ3n) is 2.93. The fourth-order valence-electron chi connectivity index (χ4n) is 1.93. The molecule has 1 aromatic heterocycles. The number of rotatable bonds is 5. The van der Waals surface area contributed by atoms with E-state index in [1.54, 1.807) is 0 Å². The van der Waals surface area contributed by atoms with Gasteiger partial charge in [-0.1, -0.05) is 30.3 Å². The van der Waals surface area contributed by atoms with E-state index in [9.17, 15) is 9.59 Å². The highest BCUT2D eigenvalue weighted by molar-refractivity contribution is 5.93. The van der Waals surface area contributed by atoms with E-state index in [0.717, 1.165) is 5.56 Å². The number of aliphatic hydroxyl groups is 1. The average Bonchev–Trinajstić information content (AvgIpc) is 2.48. The van der Waals surface area contributed by atoms with Crippen LogP contribution >= 0.6 is 0 Å². The maximum Gasteiger partial charge on any atom is 0.259 e. The van der Waals surface area contributed by atoms with Crippen LogP contribution in [-0.2, 0) is 6.54 Å². The zero-order chi connectivity index (χ0) is 14.4. The highest BCUT2D eigenvalue weighted by Crippen LogP contribution is 2.07. The summed E-state index contributed by atoms with van der Waals surface area (Å²) < 4.78 is 0. The molecule has 0 bridgehead atoms. The van der Waals surface area contributed by atoms with Crippen LogP contribution in [0.15, 0.2) is 53.6 Å². The van der Waals surface area contributed by atoms with Gasteiger partial charge in [0.15, 0.2) is 5.43 Å². The molecule has 0 saturated carbocycles. The lowest BCUT2D eigenvalue weighted by Crippen LogP contribution is -2.35. The van der Waals surface area contributed by atoms with Gasteiger partial charge >= 0.3 is 0 Å². The Morgan fingerprint density at radius 3 is 2.60 bits per heavy atom. The molecule has 0 spiro atoms. The summed E-state index contributed by atoms with van der Waals surface area (Å²) in [6.07, 6.45) is 2.87. The van der Waals surface area contributed by atoms with Crippen molar-refractivity contribution in [2.45, 2.75) is 6.54 Å². The first-order chi connectivity index (χ1) is 9.72. The molecular weight excluding hydrogens is 256 g/mol. The van der Waals surface area contributed by atoms with Crippen LogP contribution in [0, 0.1) is 0 Å². The van der Waals surface area contributed by atoms with Crippen LogP contribution in [0.1, 0.15) is 15.9 Å². The minimum atomic E-state index is -0.384. The summed E-state index contributed by atoms with van der Waals surface area (Å²) in [6, 6.07) is 10.8. The Morgan fingerprint density at radius 1 is 1.20 bits per heavy atom. The third-order valence-corrected chi connectivity index (χ3v) is 2.93. The Labute approximate surface area is 116 Å². The van der Waals surface area contributed by atoms with Crippen LogP contribution in [0.4, 0.5) is 0 Å². The van der Waals surface area contributed by atoms with Gasteiger partial charge in [-0.05, 0) is 5.56 Å². The van der Waals surface area contributed by atoms with Gasteiger partial charge in [-0.15, -0.1) is 0 Å². The molecule has 0 aliphatic heterocycles. The molecule has 0 aliphatic rings. The fourth-order valence-corrected chi connectivity index (χ4v) is 1.93.